The molecule has 0 aromatic carbocycles. The van der Waals surface area contributed by atoms with Crippen molar-refractivity contribution in [1.29, 1.82) is 0 Å². The van der Waals surface area contributed by atoms with Crippen molar-refractivity contribution in [2.75, 3.05) is 6.61 Å². The summed E-state index contributed by atoms with van der Waals surface area (Å²) >= 11 is 1.41. The Labute approximate surface area is 162 Å². The van der Waals surface area contributed by atoms with Crippen LogP contribution in [0.3, 0.4) is 0 Å². The van der Waals surface area contributed by atoms with Crippen LogP contribution in [0.1, 0.15) is 87.5 Å². The molecule has 4 nitrogen and oxygen atoms in total. The lowest BCUT2D eigenvalue weighted by Crippen LogP contribution is -2.40. The van der Waals surface area contributed by atoms with Gasteiger partial charge < -0.3 is 15.5 Å². The lowest BCUT2D eigenvalue weighted by molar-refractivity contribution is -0.121. The molecular formula is C21H33NO3S. The normalized spacial score (nSPS) is 12.9. The summed E-state index contributed by atoms with van der Waals surface area (Å²) in [6.07, 6.45) is 10.4. The van der Waals surface area contributed by atoms with Crippen molar-refractivity contribution in [1.82, 2.24) is 5.32 Å². The molecule has 2 unspecified atom stereocenters. The molecule has 1 aromatic heterocycles. The minimum atomic E-state index is -0.919. The largest absolute Gasteiger partial charge is 0.394 e. The summed E-state index contributed by atoms with van der Waals surface area (Å²) in [6, 6.07) is 3.00. The molecule has 3 N–H and O–H groups in total. The van der Waals surface area contributed by atoms with Crippen LogP contribution in [0.15, 0.2) is 12.1 Å². The first-order chi connectivity index (χ1) is 12.6. The number of unbranched alkanes of at least 4 members (excludes halogenated alkanes) is 8. The van der Waals surface area contributed by atoms with Gasteiger partial charge in [-0.05, 0) is 18.6 Å². The highest BCUT2D eigenvalue weighted by molar-refractivity contribution is 7.12. The molecule has 1 heterocycles. The lowest BCUT2D eigenvalue weighted by atomic mass is 10.1. The molecule has 26 heavy (non-hydrogen) atoms. The highest BCUT2D eigenvalue weighted by atomic mass is 32.1. The van der Waals surface area contributed by atoms with E-state index < -0.39 is 12.1 Å². The van der Waals surface area contributed by atoms with Gasteiger partial charge >= 0.3 is 0 Å². The van der Waals surface area contributed by atoms with Crippen LogP contribution in [-0.2, 0) is 4.79 Å². The first-order valence-corrected chi connectivity index (χ1v) is 10.5. The van der Waals surface area contributed by atoms with Crippen LogP contribution in [-0.4, -0.2) is 28.8 Å². The number of aliphatic hydroxyl groups is 2. The van der Waals surface area contributed by atoms with Crippen LogP contribution in [0.5, 0.6) is 0 Å². The van der Waals surface area contributed by atoms with E-state index in [-0.39, 0.29) is 12.5 Å². The molecular weight excluding hydrogens is 346 g/mol. The topological polar surface area (TPSA) is 69.6 Å². The third-order valence-electron chi connectivity index (χ3n) is 4.25. The zero-order chi connectivity index (χ0) is 19.2. The first-order valence-electron chi connectivity index (χ1n) is 9.73. The average Bonchev–Trinajstić information content (AvgIpc) is 3.09. The van der Waals surface area contributed by atoms with E-state index in [2.05, 4.69) is 24.1 Å². The summed E-state index contributed by atoms with van der Waals surface area (Å²) in [6.45, 7) is 3.30. The molecule has 0 radical (unpaired) electrons. The zero-order valence-electron chi connectivity index (χ0n) is 16.1. The highest BCUT2D eigenvalue weighted by Crippen LogP contribution is 2.25. The van der Waals surface area contributed by atoms with Crippen molar-refractivity contribution in [3.05, 3.63) is 21.9 Å². The van der Waals surface area contributed by atoms with E-state index in [9.17, 15) is 15.0 Å². The first kappa shape index (κ1) is 22.7. The van der Waals surface area contributed by atoms with Gasteiger partial charge in [0.1, 0.15) is 6.10 Å². The Kier molecular flexibility index (Phi) is 12.0. The monoisotopic (exact) mass is 379 g/mol. The van der Waals surface area contributed by atoms with Gasteiger partial charge in [0, 0.05) is 18.2 Å². The van der Waals surface area contributed by atoms with Gasteiger partial charge in [-0.1, -0.05) is 63.7 Å². The van der Waals surface area contributed by atoms with E-state index in [0.717, 1.165) is 17.7 Å². The molecule has 0 bridgehead atoms. The van der Waals surface area contributed by atoms with E-state index in [1.807, 2.05) is 6.07 Å². The predicted molar refractivity (Wildman–Crippen MR) is 108 cm³/mol. The van der Waals surface area contributed by atoms with Crippen LogP contribution in [0, 0.1) is 11.8 Å². The molecule has 0 aliphatic heterocycles. The number of hydrogen-bond acceptors (Lipinski definition) is 4. The second kappa shape index (κ2) is 13.8. The second-order valence-electron chi connectivity index (χ2n) is 6.66. The van der Waals surface area contributed by atoms with Crippen LogP contribution < -0.4 is 5.32 Å². The van der Waals surface area contributed by atoms with Gasteiger partial charge in [-0.3, -0.25) is 4.79 Å². The number of carbonyl (C=O) groups is 1. The number of thiophene rings is 1. The van der Waals surface area contributed by atoms with E-state index in [1.165, 1.54) is 63.2 Å². The van der Waals surface area contributed by atoms with E-state index in [4.69, 9.17) is 0 Å². The van der Waals surface area contributed by atoms with E-state index in [1.54, 1.807) is 6.07 Å². The predicted octanol–water partition coefficient (Wildman–Crippen LogP) is 4.16. The quantitative estimate of drug-likeness (QED) is 0.377. The molecule has 2 atom stereocenters. The molecule has 0 saturated heterocycles. The molecule has 0 fully saturated rings. The minimum Gasteiger partial charge on any atom is -0.394 e. The van der Waals surface area contributed by atoms with Crippen molar-refractivity contribution in [2.45, 2.75) is 83.8 Å². The summed E-state index contributed by atoms with van der Waals surface area (Å²) in [5, 5.41) is 22.2. The van der Waals surface area contributed by atoms with Crippen molar-refractivity contribution >= 4 is 17.2 Å². The molecule has 0 spiro atoms. The van der Waals surface area contributed by atoms with Gasteiger partial charge in [-0.15, -0.1) is 11.3 Å². The summed E-state index contributed by atoms with van der Waals surface area (Å²) in [5.41, 5.74) is 0. The lowest BCUT2D eigenvalue weighted by Gasteiger charge is -2.20. The van der Waals surface area contributed by atoms with E-state index >= 15 is 0 Å². The number of nitrogens with one attached hydrogen (secondary N) is 1. The third-order valence-corrected chi connectivity index (χ3v) is 5.32. The second-order valence-corrected chi connectivity index (χ2v) is 7.78. The Morgan fingerprint density at radius 3 is 2.42 bits per heavy atom. The maximum atomic E-state index is 11.1. The van der Waals surface area contributed by atoms with Crippen LogP contribution >= 0.6 is 11.3 Å². The smallest absolute Gasteiger partial charge is 0.217 e. The van der Waals surface area contributed by atoms with Crippen molar-refractivity contribution in [3.63, 3.8) is 0 Å². The number of carbonyl (C=O) groups excluding carboxylic acids is 1. The minimum absolute atomic E-state index is 0.273. The molecule has 1 rings (SSSR count). The summed E-state index contributed by atoms with van der Waals surface area (Å²) < 4.78 is 0. The molecule has 1 amide bonds. The van der Waals surface area contributed by atoms with Gasteiger partial charge in [-0.2, -0.15) is 0 Å². The summed E-state index contributed by atoms with van der Waals surface area (Å²) in [4.78, 5) is 12.7. The van der Waals surface area contributed by atoms with Gasteiger partial charge in [0.05, 0.1) is 17.5 Å². The Bertz CT molecular complexity index is 573. The van der Waals surface area contributed by atoms with Crippen LogP contribution in [0.4, 0.5) is 0 Å². The summed E-state index contributed by atoms with van der Waals surface area (Å²) in [7, 11) is 0. The maximum absolute atomic E-state index is 11.1. The fourth-order valence-corrected chi connectivity index (χ4v) is 3.69. The van der Waals surface area contributed by atoms with Crippen molar-refractivity contribution < 1.29 is 15.0 Å². The molecule has 0 aliphatic rings. The fraction of sp³-hybridized carbons (Fsp3) is 0.667. The number of aliphatic hydroxyl groups excluding tert-OH is 2. The Morgan fingerprint density at radius 2 is 1.81 bits per heavy atom. The third kappa shape index (κ3) is 9.38. The fourth-order valence-electron chi connectivity index (χ4n) is 2.76. The van der Waals surface area contributed by atoms with Gasteiger partial charge in [0.25, 0.3) is 0 Å². The maximum Gasteiger partial charge on any atom is 0.217 e. The SMILES string of the molecule is CCCCCCCCCCC#Cc1ccc(C(O)C(CO)NC(C)=O)s1. The van der Waals surface area contributed by atoms with Crippen molar-refractivity contribution in [3.8, 4) is 11.8 Å². The standard InChI is InChI=1S/C21H33NO3S/c1-3-4-5-6-7-8-9-10-11-12-13-18-14-15-20(26-18)21(25)19(16-23)22-17(2)24/h14-15,19,21,23,25H,3-11,16H2,1-2H3,(H,22,24). The van der Waals surface area contributed by atoms with Crippen LogP contribution in [0.2, 0.25) is 0 Å². The molecule has 0 aliphatic carbocycles. The van der Waals surface area contributed by atoms with E-state index in [0.29, 0.717) is 4.88 Å². The number of rotatable bonds is 12. The zero-order valence-corrected chi connectivity index (χ0v) is 16.9. The highest BCUT2D eigenvalue weighted by Gasteiger charge is 2.22. The van der Waals surface area contributed by atoms with Gasteiger partial charge in [0.2, 0.25) is 5.91 Å². The molecule has 5 heteroatoms. The summed E-state index contributed by atoms with van der Waals surface area (Å²) in [5.74, 6) is 6.07. The van der Waals surface area contributed by atoms with Gasteiger partial charge in [0.15, 0.2) is 0 Å². The molecule has 146 valence electrons. The number of amides is 1. The van der Waals surface area contributed by atoms with Crippen LogP contribution in [0.25, 0.3) is 0 Å². The van der Waals surface area contributed by atoms with Gasteiger partial charge in [-0.25, -0.2) is 0 Å². The Morgan fingerprint density at radius 1 is 1.15 bits per heavy atom. The van der Waals surface area contributed by atoms with Crippen molar-refractivity contribution in [2.24, 2.45) is 0 Å². The number of hydrogen-bond donors (Lipinski definition) is 3. The average molecular weight is 380 g/mol. The Hall–Kier alpha value is -1.35. The molecule has 0 saturated carbocycles. The molecule has 1 aromatic rings. The Balaban J connectivity index is 2.31.